The van der Waals surface area contributed by atoms with E-state index in [4.69, 9.17) is 5.84 Å². The Bertz CT molecular complexity index is 530. The molecule has 0 unspecified atom stereocenters. The third-order valence-electron chi connectivity index (χ3n) is 2.17. The average molecular weight is 231 g/mol. The van der Waals surface area contributed by atoms with Crippen LogP contribution < -0.4 is 11.3 Å². The number of aryl methyl sites for hydroxylation is 1. The molecule has 0 radical (unpaired) electrons. The molecule has 3 N–H and O–H groups in total. The van der Waals surface area contributed by atoms with Gasteiger partial charge in [-0.1, -0.05) is 0 Å². The summed E-state index contributed by atoms with van der Waals surface area (Å²) in [7, 11) is 1.60. The first-order valence-electron chi connectivity index (χ1n) is 4.30. The van der Waals surface area contributed by atoms with Gasteiger partial charge in [0, 0.05) is 13.2 Å². The maximum atomic E-state index is 12.4. The van der Waals surface area contributed by atoms with E-state index in [0.29, 0.717) is 5.65 Å². The van der Waals surface area contributed by atoms with Gasteiger partial charge in [-0.2, -0.15) is 13.2 Å². The van der Waals surface area contributed by atoms with Gasteiger partial charge in [0.25, 0.3) is 0 Å². The van der Waals surface area contributed by atoms with Gasteiger partial charge < -0.3 is 0 Å². The molecule has 8 heteroatoms. The smallest absolute Gasteiger partial charge is 0.297 e. The second kappa shape index (κ2) is 3.34. The predicted molar refractivity (Wildman–Crippen MR) is 51.3 cm³/mol. The lowest BCUT2D eigenvalue weighted by atomic mass is 10.2. The quantitative estimate of drug-likeness (QED) is 0.573. The van der Waals surface area contributed by atoms with Gasteiger partial charge in [-0.05, 0) is 6.07 Å². The van der Waals surface area contributed by atoms with Gasteiger partial charge >= 0.3 is 6.18 Å². The maximum Gasteiger partial charge on any atom is 0.417 e. The van der Waals surface area contributed by atoms with E-state index < -0.39 is 11.7 Å². The van der Waals surface area contributed by atoms with Crippen molar-refractivity contribution >= 4 is 17.1 Å². The Morgan fingerprint density at radius 3 is 2.69 bits per heavy atom. The number of hydrogen-bond acceptors (Lipinski definition) is 4. The highest BCUT2D eigenvalue weighted by Crippen LogP contribution is 2.30. The Labute approximate surface area is 88.1 Å². The summed E-state index contributed by atoms with van der Waals surface area (Å²) in [5.74, 6) is 5.41. The molecule has 0 spiro atoms. The number of nitrogens with two attached hydrogens (primary N) is 1. The van der Waals surface area contributed by atoms with Crippen molar-refractivity contribution in [3.05, 3.63) is 17.8 Å². The summed E-state index contributed by atoms with van der Waals surface area (Å²) < 4.78 is 38.6. The molecule has 0 saturated heterocycles. The van der Waals surface area contributed by atoms with Crippen molar-refractivity contribution in [1.29, 1.82) is 0 Å². The second-order valence-corrected chi connectivity index (χ2v) is 3.20. The number of fused-ring (bicyclic) bond motifs is 1. The van der Waals surface area contributed by atoms with Crippen LogP contribution in [0.2, 0.25) is 0 Å². The molecule has 2 aromatic heterocycles. The third kappa shape index (κ3) is 1.56. The van der Waals surface area contributed by atoms with E-state index in [-0.39, 0.29) is 11.5 Å². The fourth-order valence-corrected chi connectivity index (χ4v) is 1.36. The molecular weight excluding hydrogens is 223 g/mol. The van der Waals surface area contributed by atoms with E-state index in [2.05, 4.69) is 15.4 Å². The number of alkyl halides is 3. The first-order chi connectivity index (χ1) is 7.43. The average Bonchev–Trinajstić information content (AvgIpc) is 2.54. The minimum Gasteiger partial charge on any atom is -0.297 e. The first-order valence-corrected chi connectivity index (χ1v) is 4.30. The van der Waals surface area contributed by atoms with Crippen LogP contribution in [0.25, 0.3) is 11.2 Å². The van der Waals surface area contributed by atoms with Gasteiger partial charge in [-0.3, -0.25) is 9.99 Å². The summed E-state index contributed by atoms with van der Waals surface area (Å²) in [4.78, 5) is 7.57. The molecule has 0 fully saturated rings. The molecule has 0 bridgehead atoms. The van der Waals surface area contributed by atoms with Crippen LogP contribution in [0, 0.1) is 0 Å². The molecule has 2 heterocycles. The number of halogens is 3. The number of imidazole rings is 1. The van der Waals surface area contributed by atoms with Crippen LogP contribution in [0.3, 0.4) is 0 Å². The van der Waals surface area contributed by atoms with Crippen LogP contribution in [-0.2, 0) is 13.2 Å². The number of nitrogen functional groups attached to an aromatic ring is 1. The zero-order valence-electron chi connectivity index (χ0n) is 8.21. The summed E-state index contributed by atoms with van der Waals surface area (Å²) in [5, 5.41) is 0. The van der Waals surface area contributed by atoms with Gasteiger partial charge in [0.05, 0.1) is 5.56 Å². The Hall–Kier alpha value is -1.83. The molecule has 0 saturated carbocycles. The van der Waals surface area contributed by atoms with E-state index in [9.17, 15) is 13.2 Å². The molecule has 16 heavy (non-hydrogen) atoms. The molecule has 0 atom stereocenters. The largest absolute Gasteiger partial charge is 0.417 e. The lowest BCUT2D eigenvalue weighted by molar-refractivity contribution is -0.137. The highest BCUT2D eigenvalue weighted by atomic mass is 19.4. The summed E-state index contributed by atoms with van der Waals surface area (Å²) >= 11 is 0. The van der Waals surface area contributed by atoms with E-state index in [0.717, 1.165) is 12.3 Å². The van der Waals surface area contributed by atoms with Crippen LogP contribution in [-0.4, -0.2) is 14.5 Å². The monoisotopic (exact) mass is 231 g/mol. The van der Waals surface area contributed by atoms with Crippen molar-refractivity contribution in [2.75, 3.05) is 5.43 Å². The lowest BCUT2D eigenvalue weighted by Crippen LogP contribution is -2.11. The Morgan fingerprint density at radius 2 is 2.12 bits per heavy atom. The molecule has 0 aliphatic rings. The first kappa shape index (κ1) is 10.7. The molecule has 0 aromatic carbocycles. The van der Waals surface area contributed by atoms with Crippen LogP contribution in [0.1, 0.15) is 5.56 Å². The molecule has 2 aromatic rings. The van der Waals surface area contributed by atoms with Gasteiger partial charge in [-0.15, -0.1) is 0 Å². The standard InChI is InChI=1S/C8H8F3N5/c1-16-6-5(14-7(16)15-12)2-4(3-13-6)8(9,10)11/h2-3H,12H2,1H3,(H,14,15). The van der Waals surface area contributed by atoms with Crippen molar-refractivity contribution in [3.8, 4) is 0 Å². The Kier molecular flexibility index (Phi) is 2.23. The summed E-state index contributed by atoms with van der Waals surface area (Å²) in [5.41, 5.74) is 1.92. The summed E-state index contributed by atoms with van der Waals surface area (Å²) in [6, 6.07) is 0.934. The Balaban J connectivity index is 2.64. The zero-order chi connectivity index (χ0) is 11.9. The topological polar surface area (TPSA) is 68.8 Å². The number of rotatable bonds is 1. The number of hydrazine groups is 1. The Morgan fingerprint density at radius 1 is 1.44 bits per heavy atom. The van der Waals surface area contributed by atoms with Crippen LogP contribution in [0.15, 0.2) is 12.3 Å². The molecule has 0 amide bonds. The summed E-state index contributed by atoms with van der Waals surface area (Å²) in [6.07, 6.45) is -3.65. The van der Waals surface area contributed by atoms with E-state index >= 15 is 0 Å². The number of pyridine rings is 1. The van der Waals surface area contributed by atoms with Gasteiger partial charge in [-0.25, -0.2) is 15.8 Å². The number of nitrogens with one attached hydrogen (secondary N) is 1. The van der Waals surface area contributed by atoms with Crippen molar-refractivity contribution in [3.63, 3.8) is 0 Å². The molecule has 0 aliphatic carbocycles. The molecule has 0 aliphatic heterocycles. The lowest BCUT2D eigenvalue weighted by Gasteiger charge is -2.04. The predicted octanol–water partition coefficient (Wildman–Crippen LogP) is 1.27. The van der Waals surface area contributed by atoms with E-state index in [1.807, 2.05) is 0 Å². The highest BCUT2D eigenvalue weighted by Gasteiger charge is 2.31. The van der Waals surface area contributed by atoms with E-state index in [1.165, 1.54) is 4.57 Å². The normalized spacial score (nSPS) is 12.1. The van der Waals surface area contributed by atoms with Crippen molar-refractivity contribution in [1.82, 2.24) is 14.5 Å². The van der Waals surface area contributed by atoms with E-state index in [1.54, 1.807) is 7.05 Å². The number of hydrogen-bond donors (Lipinski definition) is 2. The van der Waals surface area contributed by atoms with Gasteiger partial charge in [0.1, 0.15) is 5.52 Å². The van der Waals surface area contributed by atoms with Crippen LogP contribution in [0.5, 0.6) is 0 Å². The maximum absolute atomic E-state index is 12.4. The number of nitrogens with zero attached hydrogens (tertiary/aromatic N) is 3. The SMILES string of the molecule is Cn1c(NN)nc2cc(C(F)(F)F)cnc21. The second-order valence-electron chi connectivity index (χ2n) is 3.20. The highest BCUT2D eigenvalue weighted by molar-refractivity contribution is 5.75. The van der Waals surface area contributed by atoms with Crippen LogP contribution >= 0.6 is 0 Å². The molecule has 2 rings (SSSR count). The minimum atomic E-state index is -4.42. The molecule has 5 nitrogen and oxygen atoms in total. The summed E-state index contributed by atoms with van der Waals surface area (Å²) in [6.45, 7) is 0. The van der Waals surface area contributed by atoms with Crippen molar-refractivity contribution in [2.45, 2.75) is 6.18 Å². The molecular formula is C8H8F3N5. The third-order valence-corrected chi connectivity index (χ3v) is 2.17. The fourth-order valence-electron chi connectivity index (χ4n) is 1.36. The molecule has 86 valence electrons. The van der Waals surface area contributed by atoms with Gasteiger partial charge in [0.2, 0.25) is 5.95 Å². The fraction of sp³-hybridized carbons (Fsp3) is 0.250. The number of aromatic nitrogens is 3. The van der Waals surface area contributed by atoms with Crippen molar-refractivity contribution < 1.29 is 13.2 Å². The van der Waals surface area contributed by atoms with Gasteiger partial charge in [0.15, 0.2) is 5.65 Å². The number of anilines is 1. The van der Waals surface area contributed by atoms with Crippen LogP contribution in [0.4, 0.5) is 19.1 Å². The van der Waals surface area contributed by atoms with Crippen molar-refractivity contribution in [2.24, 2.45) is 12.9 Å². The minimum absolute atomic E-state index is 0.144. The zero-order valence-corrected chi connectivity index (χ0v) is 8.21.